The van der Waals surface area contributed by atoms with E-state index in [1.807, 2.05) is 23.6 Å². The maximum atomic E-state index is 8.92. The number of nitriles is 1. The van der Waals surface area contributed by atoms with Gasteiger partial charge >= 0.3 is 0 Å². The molecule has 0 unspecified atom stereocenters. The van der Waals surface area contributed by atoms with Gasteiger partial charge in [-0.1, -0.05) is 6.07 Å². The SMILES string of the molecule is CCn1cnnc1CNCc1cccnc1C#N. The third kappa shape index (κ3) is 2.70. The van der Waals surface area contributed by atoms with Crippen molar-refractivity contribution in [3.8, 4) is 6.07 Å². The summed E-state index contributed by atoms with van der Waals surface area (Å²) >= 11 is 0. The van der Waals surface area contributed by atoms with E-state index >= 15 is 0 Å². The van der Waals surface area contributed by atoms with Crippen LogP contribution >= 0.6 is 0 Å². The van der Waals surface area contributed by atoms with Gasteiger partial charge in [-0.3, -0.25) is 0 Å². The Morgan fingerprint density at radius 2 is 2.33 bits per heavy atom. The Bertz CT molecular complexity index is 554. The van der Waals surface area contributed by atoms with E-state index in [9.17, 15) is 0 Å². The molecule has 0 saturated carbocycles. The average Bonchev–Trinajstić information content (AvgIpc) is 2.87. The lowest BCUT2D eigenvalue weighted by Crippen LogP contribution is -2.17. The number of rotatable bonds is 5. The van der Waals surface area contributed by atoms with E-state index in [1.165, 1.54) is 0 Å². The molecule has 2 aromatic rings. The molecule has 2 aromatic heterocycles. The standard InChI is InChI=1S/C12H14N6/c1-2-18-9-16-17-12(18)8-14-7-10-4-3-5-15-11(10)6-13/h3-5,9,14H,2,7-8H2,1H3. The van der Waals surface area contributed by atoms with Crippen molar-refractivity contribution < 1.29 is 0 Å². The van der Waals surface area contributed by atoms with E-state index in [0.717, 1.165) is 17.9 Å². The van der Waals surface area contributed by atoms with Gasteiger partial charge in [0.05, 0.1) is 6.54 Å². The first-order chi connectivity index (χ1) is 8.85. The molecule has 0 aromatic carbocycles. The minimum absolute atomic E-state index is 0.460. The number of hydrogen-bond donors (Lipinski definition) is 1. The Balaban J connectivity index is 1.95. The number of hydrogen-bond acceptors (Lipinski definition) is 5. The van der Waals surface area contributed by atoms with Crippen LogP contribution in [-0.2, 0) is 19.6 Å². The average molecular weight is 242 g/mol. The molecule has 6 nitrogen and oxygen atoms in total. The number of aromatic nitrogens is 4. The second kappa shape index (κ2) is 5.89. The van der Waals surface area contributed by atoms with Crippen molar-refractivity contribution in [2.75, 3.05) is 0 Å². The van der Waals surface area contributed by atoms with E-state index < -0.39 is 0 Å². The van der Waals surface area contributed by atoms with Crippen LogP contribution in [0, 0.1) is 11.3 Å². The quantitative estimate of drug-likeness (QED) is 0.841. The lowest BCUT2D eigenvalue weighted by Gasteiger charge is -2.06. The van der Waals surface area contributed by atoms with Gasteiger partial charge in [0.1, 0.15) is 23.9 Å². The molecule has 92 valence electrons. The molecule has 0 spiro atoms. The molecule has 0 aliphatic rings. The van der Waals surface area contributed by atoms with Crippen molar-refractivity contribution >= 4 is 0 Å². The zero-order valence-corrected chi connectivity index (χ0v) is 10.2. The van der Waals surface area contributed by atoms with Crippen molar-refractivity contribution in [1.29, 1.82) is 5.26 Å². The minimum atomic E-state index is 0.460. The van der Waals surface area contributed by atoms with Crippen molar-refractivity contribution in [3.63, 3.8) is 0 Å². The number of nitrogens with one attached hydrogen (secondary N) is 1. The zero-order valence-electron chi connectivity index (χ0n) is 10.2. The Morgan fingerprint density at radius 1 is 1.44 bits per heavy atom. The van der Waals surface area contributed by atoms with Crippen LogP contribution in [0.25, 0.3) is 0 Å². The first-order valence-corrected chi connectivity index (χ1v) is 5.76. The smallest absolute Gasteiger partial charge is 0.146 e. The van der Waals surface area contributed by atoms with Gasteiger partial charge in [-0.2, -0.15) is 5.26 Å². The van der Waals surface area contributed by atoms with Gasteiger partial charge in [0, 0.05) is 24.8 Å². The molecule has 1 N–H and O–H groups in total. The Hall–Kier alpha value is -2.26. The molecule has 2 rings (SSSR count). The molecule has 0 fully saturated rings. The molecular weight excluding hydrogens is 228 g/mol. The molecule has 0 bridgehead atoms. The van der Waals surface area contributed by atoms with Gasteiger partial charge in [0.2, 0.25) is 0 Å². The van der Waals surface area contributed by atoms with Crippen molar-refractivity contribution in [1.82, 2.24) is 25.1 Å². The number of nitrogens with zero attached hydrogens (tertiary/aromatic N) is 5. The van der Waals surface area contributed by atoms with Crippen LogP contribution in [0.5, 0.6) is 0 Å². The predicted molar refractivity (Wildman–Crippen MR) is 65.2 cm³/mol. The third-order valence-corrected chi connectivity index (χ3v) is 2.63. The monoisotopic (exact) mass is 242 g/mol. The Kier molecular flexibility index (Phi) is 3.99. The molecule has 18 heavy (non-hydrogen) atoms. The summed E-state index contributed by atoms with van der Waals surface area (Å²) in [7, 11) is 0. The highest BCUT2D eigenvalue weighted by Crippen LogP contribution is 2.03. The maximum Gasteiger partial charge on any atom is 0.146 e. The highest BCUT2D eigenvalue weighted by atomic mass is 15.3. The van der Waals surface area contributed by atoms with Gasteiger partial charge in [0.25, 0.3) is 0 Å². The van der Waals surface area contributed by atoms with Crippen LogP contribution in [0.3, 0.4) is 0 Å². The van der Waals surface area contributed by atoms with E-state index in [2.05, 4.69) is 26.6 Å². The summed E-state index contributed by atoms with van der Waals surface area (Å²) in [6.45, 7) is 4.10. The highest BCUT2D eigenvalue weighted by molar-refractivity contribution is 5.30. The van der Waals surface area contributed by atoms with Crippen molar-refractivity contribution in [2.24, 2.45) is 0 Å². The maximum absolute atomic E-state index is 8.92. The summed E-state index contributed by atoms with van der Waals surface area (Å²) in [5.41, 5.74) is 1.35. The molecular formula is C12H14N6. The Morgan fingerprint density at radius 3 is 3.11 bits per heavy atom. The van der Waals surface area contributed by atoms with Crippen LogP contribution in [0.2, 0.25) is 0 Å². The molecule has 0 aliphatic carbocycles. The van der Waals surface area contributed by atoms with Gasteiger partial charge in [-0.15, -0.1) is 10.2 Å². The third-order valence-electron chi connectivity index (χ3n) is 2.63. The van der Waals surface area contributed by atoms with Gasteiger partial charge in [0.15, 0.2) is 0 Å². The van der Waals surface area contributed by atoms with Crippen LogP contribution < -0.4 is 5.32 Å². The molecule has 2 heterocycles. The summed E-state index contributed by atoms with van der Waals surface area (Å²) in [5, 5.41) is 20.0. The van der Waals surface area contributed by atoms with E-state index in [4.69, 9.17) is 5.26 Å². The van der Waals surface area contributed by atoms with Gasteiger partial charge < -0.3 is 9.88 Å². The van der Waals surface area contributed by atoms with Gasteiger partial charge in [-0.05, 0) is 13.0 Å². The largest absolute Gasteiger partial charge is 0.317 e. The second-order valence-corrected chi connectivity index (χ2v) is 3.76. The fourth-order valence-corrected chi connectivity index (χ4v) is 1.67. The zero-order chi connectivity index (χ0) is 12.8. The van der Waals surface area contributed by atoms with Crippen LogP contribution in [0.4, 0.5) is 0 Å². The van der Waals surface area contributed by atoms with Crippen LogP contribution in [0.1, 0.15) is 24.0 Å². The summed E-state index contributed by atoms with van der Waals surface area (Å²) in [6, 6.07) is 5.80. The Labute approximate surface area is 105 Å². The molecule has 6 heteroatoms. The van der Waals surface area contributed by atoms with Crippen LogP contribution in [0.15, 0.2) is 24.7 Å². The van der Waals surface area contributed by atoms with Crippen molar-refractivity contribution in [3.05, 3.63) is 41.7 Å². The lowest BCUT2D eigenvalue weighted by molar-refractivity contribution is 0.611. The molecule has 0 atom stereocenters. The molecule has 0 saturated heterocycles. The van der Waals surface area contributed by atoms with E-state index in [1.54, 1.807) is 12.5 Å². The topological polar surface area (TPSA) is 79.4 Å². The lowest BCUT2D eigenvalue weighted by atomic mass is 10.2. The highest BCUT2D eigenvalue weighted by Gasteiger charge is 2.04. The fraction of sp³-hybridized carbons (Fsp3) is 0.333. The summed E-state index contributed by atoms with van der Waals surface area (Å²) in [5.74, 6) is 0.889. The molecule has 0 amide bonds. The predicted octanol–water partition coefficient (Wildman–Crippen LogP) is 0.854. The summed E-state index contributed by atoms with van der Waals surface area (Å²) < 4.78 is 1.97. The minimum Gasteiger partial charge on any atom is -0.317 e. The second-order valence-electron chi connectivity index (χ2n) is 3.76. The first kappa shape index (κ1) is 12.2. The van der Waals surface area contributed by atoms with Gasteiger partial charge in [-0.25, -0.2) is 4.98 Å². The van der Waals surface area contributed by atoms with Crippen LogP contribution in [-0.4, -0.2) is 19.7 Å². The normalized spacial score (nSPS) is 10.2. The first-order valence-electron chi connectivity index (χ1n) is 5.76. The van der Waals surface area contributed by atoms with E-state index in [-0.39, 0.29) is 0 Å². The molecule has 0 radical (unpaired) electrons. The van der Waals surface area contributed by atoms with Crippen molar-refractivity contribution in [2.45, 2.75) is 26.6 Å². The summed E-state index contributed by atoms with van der Waals surface area (Å²) in [4.78, 5) is 4.01. The van der Waals surface area contributed by atoms with E-state index in [0.29, 0.717) is 18.8 Å². The fourth-order valence-electron chi connectivity index (χ4n) is 1.67. The number of pyridine rings is 1. The molecule has 0 aliphatic heterocycles. The summed E-state index contributed by atoms with van der Waals surface area (Å²) in [6.07, 6.45) is 3.33. The number of aryl methyl sites for hydroxylation is 1.